The molecular weight excluding hydrogens is 723 g/mol. The molecule has 10 aromatic rings. The van der Waals surface area contributed by atoms with Gasteiger partial charge in [-0.15, -0.1) is 0 Å². The van der Waals surface area contributed by atoms with E-state index < -0.39 is 5.41 Å². The summed E-state index contributed by atoms with van der Waals surface area (Å²) in [5.41, 5.74) is 17.3. The van der Waals surface area contributed by atoms with Gasteiger partial charge in [-0.05, 0) is 124 Å². The molecule has 12 rings (SSSR count). The van der Waals surface area contributed by atoms with E-state index in [1.165, 1.54) is 99.2 Å². The largest absolute Gasteiger partial charge is 0.310 e. The zero-order chi connectivity index (χ0) is 40.2. The maximum absolute atomic E-state index is 2.53. The van der Waals surface area contributed by atoms with E-state index in [0.29, 0.717) is 0 Å². The summed E-state index contributed by atoms with van der Waals surface area (Å²) in [5.74, 6) is 0. The Morgan fingerprint density at radius 1 is 0.350 bits per heavy atom. The molecule has 1 heteroatoms. The molecule has 2 aliphatic rings. The van der Waals surface area contributed by atoms with E-state index in [9.17, 15) is 0 Å². The van der Waals surface area contributed by atoms with Gasteiger partial charge in [-0.2, -0.15) is 0 Å². The van der Waals surface area contributed by atoms with E-state index in [0.717, 1.165) is 11.4 Å². The summed E-state index contributed by atoms with van der Waals surface area (Å²) in [6.07, 6.45) is 0. The van der Waals surface area contributed by atoms with Crippen LogP contribution in [0.4, 0.5) is 17.1 Å². The zero-order valence-electron chi connectivity index (χ0n) is 34.1. The van der Waals surface area contributed by atoms with Crippen LogP contribution in [0.15, 0.2) is 206 Å². The van der Waals surface area contributed by atoms with Crippen LogP contribution in [0.25, 0.3) is 65.7 Å². The smallest absolute Gasteiger partial charge is 0.0726 e. The molecule has 0 unspecified atom stereocenters. The van der Waals surface area contributed by atoms with Gasteiger partial charge in [-0.25, -0.2) is 0 Å². The predicted molar refractivity (Wildman–Crippen MR) is 254 cm³/mol. The van der Waals surface area contributed by atoms with E-state index in [1.807, 2.05) is 0 Å². The highest BCUT2D eigenvalue weighted by Gasteiger charge is 2.52. The summed E-state index contributed by atoms with van der Waals surface area (Å²) in [7, 11) is 0. The maximum Gasteiger partial charge on any atom is 0.0726 e. The second-order valence-corrected chi connectivity index (χ2v) is 17.6. The van der Waals surface area contributed by atoms with Gasteiger partial charge >= 0.3 is 0 Å². The molecule has 284 valence electrons. The molecule has 0 radical (unpaired) electrons. The van der Waals surface area contributed by atoms with Crippen LogP contribution in [0, 0.1) is 0 Å². The first kappa shape index (κ1) is 34.8. The Hall–Kier alpha value is -7.22. The third kappa shape index (κ3) is 4.87. The third-order valence-electron chi connectivity index (χ3n) is 13.4. The minimum atomic E-state index is -0.462. The number of hydrogen-bond acceptors (Lipinski definition) is 1. The second kappa shape index (κ2) is 12.9. The normalized spacial score (nSPS) is 13.4. The Morgan fingerprint density at radius 3 is 1.50 bits per heavy atom. The van der Waals surface area contributed by atoms with Crippen molar-refractivity contribution in [1.82, 2.24) is 0 Å². The molecule has 10 aromatic carbocycles. The summed E-state index contributed by atoms with van der Waals surface area (Å²) in [6.45, 7) is 7.00. The van der Waals surface area contributed by atoms with Crippen molar-refractivity contribution >= 4 is 49.4 Å². The molecule has 0 amide bonds. The van der Waals surface area contributed by atoms with Crippen LogP contribution in [0.5, 0.6) is 0 Å². The average Bonchev–Trinajstić information content (AvgIpc) is 3.77. The number of fused-ring (bicyclic) bond motifs is 16. The standard InChI is InChI=1S/C59H43N/c1-58(2,3)40-30-34-50-55(36-40)59(52-24-13-11-22-48(52)49-23-12-14-25-53(49)59)54-26-15-27-56(57(50)54)60(41-31-28-39(29-32-41)38-16-5-4-6-17-38)42-33-35-47-45-20-8-7-18-43(45)44-19-9-10-21-46(44)51(47)37-42/h4-37H,1-3H3. The lowest BCUT2D eigenvalue weighted by atomic mass is 9.69. The van der Waals surface area contributed by atoms with E-state index in [4.69, 9.17) is 0 Å². The summed E-state index contributed by atoms with van der Waals surface area (Å²) in [6, 6.07) is 77.3. The van der Waals surface area contributed by atoms with Crippen molar-refractivity contribution in [3.63, 3.8) is 0 Å². The van der Waals surface area contributed by atoms with Crippen molar-refractivity contribution in [2.24, 2.45) is 0 Å². The van der Waals surface area contributed by atoms with Gasteiger partial charge in [-0.1, -0.05) is 197 Å². The van der Waals surface area contributed by atoms with Gasteiger partial charge in [0, 0.05) is 16.9 Å². The molecule has 0 saturated heterocycles. The van der Waals surface area contributed by atoms with Gasteiger partial charge in [0.05, 0.1) is 11.1 Å². The Balaban J connectivity index is 1.17. The molecule has 0 bridgehead atoms. The molecule has 0 aliphatic heterocycles. The second-order valence-electron chi connectivity index (χ2n) is 17.6. The Morgan fingerprint density at radius 2 is 0.867 bits per heavy atom. The molecule has 0 fully saturated rings. The highest BCUT2D eigenvalue weighted by molar-refractivity contribution is 6.26. The van der Waals surface area contributed by atoms with Crippen molar-refractivity contribution in [1.29, 1.82) is 0 Å². The lowest BCUT2D eigenvalue weighted by Crippen LogP contribution is -2.26. The number of nitrogens with zero attached hydrogens (tertiary/aromatic N) is 1. The highest BCUT2D eigenvalue weighted by Crippen LogP contribution is 2.65. The van der Waals surface area contributed by atoms with Crippen LogP contribution in [-0.2, 0) is 10.8 Å². The van der Waals surface area contributed by atoms with Crippen LogP contribution in [-0.4, -0.2) is 0 Å². The Kier molecular flexibility index (Phi) is 7.47. The number of anilines is 3. The van der Waals surface area contributed by atoms with Crippen molar-refractivity contribution in [2.45, 2.75) is 31.6 Å². The number of benzene rings is 10. The van der Waals surface area contributed by atoms with Crippen LogP contribution < -0.4 is 4.90 Å². The SMILES string of the molecule is CC(C)(C)c1ccc2c(c1)C1(c3ccccc3-c3ccccc31)c1cccc(N(c3ccc(-c4ccccc4)cc3)c3ccc4c5ccccc5c5ccccc5c4c3)c1-2. The van der Waals surface area contributed by atoms with Gasteiger partial charge < -0.3 is 4.90 Å². The topological polar surface area (TPSA) is 3.24 Å². The van der Waals surface area contributed by atoms with Gasteiger partial charge in [-0.3, -0.25) is 0 Å². The van der Waals surface area contributed by atoms with E-state index >= 15 is 0 Å². The quantitative estimate of drug-likeness (QED) is 0.161. The number of hydrogen-bond donors (Lipinski definition) is 0. The summed E-state index contributed by atoms with van der Waals surface area (Å²) < 4.78 is 0. The summed E-state index contributed by atoms with van der Waals surface area (Å²) >= 11 is 0. The Bertz CT molecular complexity index is 3270. The highest BCUT2D eigenvalue weighted by atomic mass is 15.1. The molecule has 1 nitrogen and oxygen atoms in total. The van der Waals surface area contributed by atoms with Crippen LogP contribution in [0.2, 0.25) is 0 Å². The molecule has 2 aliphatic carbocycles. The minimum Gasteiger partial charge on any atom is -0.310 e. The lowest BCUT2D eigenvalue weighted by Gasteiger charge is -2.32. The first-order chi connectivity index (χ1) is 29.4. The van der Waals surface area contributed by atoms with Crippen LogP contribution in [0.1, 0.15) is 48.6 Å². The first-order valence-electron chi connectivity index (χ1n) is 21.2. The zero-order valence-corrected chi connectivity index (χ0v) is 34.1. The van der Waals surface area contributed by atoms with Gasteiger partial charge in [0.1, 0.15) is 0 Å². The molecule has 0 N–H and O–H groups in total. The molecular formula is C59H43N. The molecule has 0 heterocycles. The molecule has 0 aromatic heterocycles. The summed E-state index contributed by atoms with van der Waals surface area (Å²) in [4.78, 5) is 2.52. The van der Waals surface area contributed by atoms with Gasteiger partial charge in [0.25, 0.3) is 0 Å². The monoisotopic (exact) mass is 765 g/mol. The predicted octanol–water partition coefficient (Wildman–Crippen LogP) is 15.9. The van der Waals surface area contributed by atoms with Crippen molar-refractivity contribution < 1.29 is 0 Å². The molecule has 0 saturated carbocycles. The molecule has 0 atom stereocenters. The van der Waals surface area contributed by atoms with Crippen molar-refractivity contribution in [3.8, 4) is 33.4 Å². The van der Waals surface area contributed by atoms with Gasteiger partial charge in [0.15, 0.2) is 0 Å². The average molecular weight is 766 g/mol. The fourth-order valence-electron chi connectivity index (χ4n) is 10.7. The fraction of sp³-hybridized carbons (Fsp3) is 0.0847. The minimum absolute atomic E-state index is 0.0178. The van der Waals surface area contributed by atoms with Gasteiger partial charge in [0.2, 0.25) is 0 Å². The van der Waals surface area contributed by atoms with Crippen molar-refractivity contribution in [3.05, 3.63) is 234 Å². The lowest BCUT2D eigenvalue weighted by molar-refractivity contribution is 0.588. The fourth-order valence-corrected chi connectivity index (χ4v) is 10.7. The van der Waals surface area contributed by atoms with Crippen LogP contribution in [0.3, 0.4) is 0 Å². The third-order valence-corrected chi connectivity index (χ3v) is 13.4. The first-order valence-corrected chi connectivity index (χ1v) is 21.2. The Labute approximate surface area is 351 Å². The maximum atomic E-state index is 2.53. The van der Waals surface area contributed by atoms with Crippen LogP contribution >= 0.6 is 0 Å². The van der Waals surface area contributed by atoms with E-state index in [1.54, 1.807) is 0 Å². The summed E-state index contributed by atoms with van der Waals surface area (Å²) in [5, 5.41) is 7.64. The van der Waals surface area contributed by atoms with E-state index in [-0.39, 0.29) is 5.41 Å². The van der Waals surface area contributed by atoms with E-state index in [2.05, 4.69) is 232 Å². The molecule has 1 spiro atoms. The molecule has 60 heavy (non-hydrogen) atoms. The van der Waals surface area contributed by atoms with Crippen molar-refractivity contribution in [2.75, 3.05) is 4.90 Å². The number of rotatable bonds is 4.